The fourth-order valence-electron chi connectivity index (χ4n) is 4.86. The molecule has 0 unspecified atom stereocenters. The summed E-state index contributed by atoms with van der Waals surface area (Å²) in [7, 11) is 0. The van der Waals surface area contributed by atoms with Crippen LogP contribution in [0.3, 0.4) is 0 Å². The Bertz CT molecular complexity index is 1400. The summed E-state index contributed by atoms with van der Waals surface area (Å²) in [6.07, 6.45) is 5.92. The van der Waals surface area contributed by atoms with Crippen molar-refractivity contribution in [2.45, 2.75) is 45.6 Å². The molecule has 0 spiro atoms. The van der Waals surface area contributed by atoms with Crippen LogP contribution in [0.25, 0.3) is 5.65 Å². The molecule has 2 amide bonds. The first-order valence-corrected chi connectivity index (χ1v) is 13.5. The van der Waals surface area contributed by atoms with Crippen LogP contribution in [0.2, 0.25) is 0 Å². The van der Waals surface area contributed by atoms with Crippen LogP contribution in [0.4, 0.5) is 33.5 Å². The van der Waals surface area contributed by atoms with E-state index in [4.69, 9.17) is 15.5 Å². The molecule has 2 aromatic heterocycles. The first kappa shape index (κ1) is 26.3. The van der Waals surface area contributed by atoms with Crippen molar-refractivity contribution in [3.05, 3.63) is 66.4 Å². The minimum absolute atomic E-state index is 0.310. The number of amides is 2. The number of nitrogens with one attached hydrogen (secondary N) is 4. The maximum atomic E-state index is 12.8. The fourth-order valence-corrected chi connectivity index (χ4v) is 4.86. The summed E-state index contributed by atoms with van der Waals surface area (Å²) < 4.78 is 7.30. The standard InChI is InChI=1S/C29H36N8O2/c1-3-39-24-15-13-23(14-16-24)33-27-19(2)26(31-17-20-9-11-21(30)12-10-20)36-28-25(18-32-37(27)28)35-29(38)34-22-7-5-4-6-8-22/h4-8,13-16,18,20-21,33H,3,9-12,17,30H2,1-2H3,(H,31,36)(H2,34,35,38). The van der Waals surface area contributed by atoms with Gasteiger partial charge in [-0.15, -0.1) is 0 Å². The lowest BCUT2D eigenvalue weighted by atomic mass is 9.86. The molecule has 39 heavy (non-hydrogen) atoms. The third-order valence-corrected chi connectivity index (χ3v) is 7.04. The lowest BCUT2D eigenvalue weighted by molar-refractivity contribution is 0.262. The van der Waals surface area contributed by atoms with Crippen LogP contribution < -0.4 is 31.7 Å². The minimum Gasteiger partial charge on any atom is -0.494 e. The van der Waals surface area contributed by atoms with Crippen molar-refractivity contribution < 1.29 is 9.53 Å². The normalized spacial score (nSPS) is 17.0. The maximum absolute atomic E-state index is 12.8. The maximum Gasteiger partial charge on any atom is 0.323 e. The Kier molecular flexibility index (Phi) is 8.12. The highest BCUT2D eigenvalue weighted by atomic mass is 16.5. The van der Waals surface area contributed by atoms with E-state index in [2.05, 4.69) is 26.4 Å². The molecule has 0 aliphatic heterocycles. The van der Waals surface area contributed by atoms with Crippen molar-refractivity contribution in [3.63, 3.8) is 0 Å². The van der Waals surface area contributed by atoms with Gasteiger partial charge in [0.25, 0.3) is 0 Å². The average Bonchev–Trinajstić information content (AvgIpc) is 3.33. The molecule has 10 heteroatoms. The number of carbonyl (C=O) groups excluding carboxylic acids is 1. The predicted molar refractivity (Wildman–Crippen MR) is 156 cm³/mol. The molecule has 1 aliphatic carbocycles. The molecule has 10 nitrogen and oxygen atoms in total. The number of urea groups is 1. The number of anilines is 5. The summed E-state index contributed by atoms with van der Waals surface area (Å²) in [4.78, 5) is 17.7. The molecule has 1 aliphatic rings. The van der Waals surface area contributed by atoms with Crippen LogP contribution in [0.5, 0.6) is 5.75 Å². The molecule has 4 aromatic rings. The second-order valence-corrected chi connectivity index (χ2v) is 9.92. The highest BCUT2D eigenvalue weighted by molar-refractivity contribution is 6.02. The van der Waals surface area contributed by atoms with E-state index in [0.717, 1.165) is 60.9 Å². The minimum atomic E-state index is -0.368. The lowest BCUT2D eigenvalue weighted by Gasteiger charge is -2.26. The van der Waals surface area contributed by atoms with Crippen LogP contribution in [0, 0.1) is 12.8 Å². The summed E-state index contributed by atoms with van der Waals surface area (Å²) in [5, 5.41) is 17.4. The van der Waals surface area contributed by atoms with Gasteiger partial charge in [-0.05, 0) is 81.8 Å². The third kappa shape index (κ3) is 6.40. The van der Waals surface area contributed by atoms with Crippen molar-refractivity contribution >= 4 is 40.4 Å². The van der Waals surface area contributed by atoms with Crippen molar-refractivity contribution in [2.24, 2.45) is 11.7 Å². The number of para-hydroxylation sites is 1. The van der Waals surface area contributed by atoms with Gasteiger partial charge >= 0.3 is 6.03 Å². The molecule has 2 heterocycles. The Morgan fingerprint density at radius 2 is 1.77 bits per heavy atom. The number of benzene rings is 2. The number of hydrogen-bond donors (Lipinski definition) is 5. The zero-order valence-corrected chi connectivity index (χ0v) is 22.4. The van der Waals surface area contributed by atoms with Crippen molar-refractivity contribution in [3.8, 4) is 5.75 Å². The molecular formula is C29H36N8O2. The predicted octanol–water partition coefficient (Wildman–Crippen LogP) is 5.75. The molecular weight excluding hydrogens is 492 g/mol. The number of aromatic nitrogens is 3. The van der Waals surface area contributed by atoms with Crippen LogP contribution in [-0.2, 0) is 0 Å². The van der Waals surface area contributed by atoms with E-state index < -0.39 is 0 Å². The van der Waals surface area contributed by atoms with Crippen molar-refractivity contribution in [1.29, 1.82) is 0 Å². The summed E-state index contributed by atoms with van der Waals surface area (Å²) >= 11 is 0. The highest BCUT2D eigenvalue weighted by Crippen LogP contribution is 2.31. The van der Waals surface area contributed by atoms with Crippen LogP contribution in [0.1, 0.15) is 38.2 Å². The van der Waals surface area contributed by atoms with Crippen molar-refractivity contribution in [1.82, 2.24) is 14.6 Å². The molecule has 6 N–H and O–H groups in total. The highest BCUT2D eigenvalue weighted by Gasteiger charge is 2.21. The number of nitrogens with zero attached hydrogens (tertiary/aromatic N) is 3. The SMILES string of the molecule is CCOc1ccc(Nc2c(C)c(NCC3CCC(N)CC3)nc3c(NC(=O)Nc4ccccc4)cnn23)cc1. The average molecular weight is 529 g/mol. The topological polar surface area (TPSA) is 131 Å². The molecule has 1 fully saturated rings. The van der Waals surface area contributed by atoms with Crippen molar-refractivity contribution in [2.75, 3.05) is 34.4 Å². The number of carbonyl (C=O) groups is 1. The van der Waals surface area contributed by atoms with Gasteiger partial charge < -0.3 is 31.7 Å². The lowest BCUT2D eigenvalue weighted by Crippen LogP contribution is -2.29. The molecule has 2 aromatic carbocycles. The quantitative estimate of drug-likeness (QED) is 0.187. The molecule has 204 valence electrons. The molecule has 0 bridgehead atoms. The van der Waals surface area contributed by atoms with Gasteiger partial charge in [0.1, 0.15) is 23.1 Å². The molecule has 0 radical (unpaired) electrons. The number of fused-ring (bicyclic) bond motifs is 1. The van der Waals surface area contributed by atoms with E-state index >= 15 is 0 Å². The molecule has 5 rings (SSSR count). The van der Waals surface area contributed by atoms with Gasteiger partial charge in [-0.1, -0.05) is 18.2 Å². The second kappa shape index (κ2) is 12.0. The number of nitrogens with two attached hydrogens (primary N) is 1. The Morgan fingerprint density at radius 1 is 1.03 bits per heavy atom. The van der Waals surface area contributed by atoms with E-state index in [1.165, 1.54) is 0 Å². The summed E-state index contributed by atoms with van der Waals surface area (Å²) in [6, 6.07) is 17.0. The number of rotatable bonds is 9. The van der Waals surface area contributed by atoms with E-state index in [1.54, 1.807) is 10.7 Å². The number of ether oxygens (including phenoxy) is 1. The van der Waals surface area contributed by atoms with Gasteiger partial charge in [-0.3, -0.25) is 0 Å². The van der Waals surface area contributed by atoms with E-state index in [9.17, 15) is 4.79 Å². The molecule has 1 saturated carbocycles. The van der Waals surface area contributed by atoms with Gasteiger partial charge in [-0.2, -0.15) is 9.61 Å². The van der Waals surface area contributed by atoms with Gasteiger partial charge in [0.15, 0.2) is 5.65 Å². The largest absolute Gasteiger partial charge is 0.494 e. The van der Waals surface area contributed by atoms with Crippen LogP contribution >= 0.6 is 0 Å². The zero-order valence-electron chi connectivity index (χ0n) is 22.4. The Morgan fingerprint density at radius 3 is 2.49 bits per heavy atom. The number of hydrogen-bond acceptors (Lipinski definition) is 7. The molecule has 0 atom stereocenters. The first-order valence-electron chi connectivity index (χ1n) is 13.5. The summed E-state index contributed by atoms with van der Waals surface area (Å²) in [5.74, 6) is 2.86. The Labute approximate surface area is 228 Å². The van der Waals surface area contributed by atoms with Gasteiger partial charge in [0.05, 0.1) is 12.8 Å². The first-order chi connectivity index (χ1) is 19.0. The summed E-state index contributed by atoms with van der Waals surface area (Å²) in [5.41, 5.74) is 9.64. The fraction of sp³-hybridized carbons (Fsp3) is 0.345. The zero-order chi connectivity index (χ0) is 27.2. The van der Waals surface area contributed by atoms with Crippen LogP contribution in [0.15, 0.2) is 60.8 Å². The van der Waals surface area contributed by atoms with Gasteiger partial charge in [0, 0.05) is 29.5 Å². The van der Waals surface area contributed by atoms with Gasteiger partial charge in [-0.25, -0.2) is 9.78 Å². The second-order valence-electron chi connectivity index (χ2n) is 9.92. The smallest absolute Gasteiger partial charge is 0.323 e. The monoisotopic (exact) mass is 528 g/mol. The van der Waals surface area contributed by atoms with E-state index in [-0.39, 0.29) is 6.03 Å². The van der Waals surface area contributed by atoms with Gasteiger partial charge in [0.2, 0.25) is 0 Å². The summed E-state index contributed by atoms with van der Waals surface area (Å²) in [6.45, 7) is 5.40. The van der Waals surface area contributed by atoms with Crippen LogP contribution in [-0.4, -0.2) is 39.8 Å². The Balaban J connectivity index is 1.43. The third-order valence-electron chi connectivity index (χ3n) is 7.04. The molecule has 0 saturated heterocycles. The Hall–Kier alpha value is -4.31. The van der Waals surface area contributed by atoms with E-state index in [0.29, 0.717) is 35.6 Å². The van der Waals surface area contributed by atoms with E-state index in [1.807, 2.05) is 68.4 Å².